The minimum absolute atomic E-state index is 0.00935. The summed E-state index contributed by atoms with van der Waals surface area (Å²) >= 11 is 3.40. The average Bonchev–Trinajstić information content (AvgIpc) is 4.17. The molecule has 0 spiro atoms. The van der Waals surface area contributed by atoms with E-state index in [2.05, 4.69) is 41.2 Å². The van der Waals surface area contributed by atoms with Crippen LogP contribution < -0.4 is 14.8 Å². The summed E-state index contributed by atoms with van der Waals surface area (Å²) in [4.78, 5) is 70.4. The van der Waals surface area contributed by atoms with Gasteiger partial charge in [0.15, 0.2) is 12.1 Å². The molecule has 0 radical (unpaired) electrons. The number of aromatic nitrogens is 4. The Hall–Kier alpha value is -6.73. The number of nitrogens with one attached hydrogen (secondary N) is 1. The van der Waals surface area contributed by atoms with Crippen LogP contribution in [0.2, 0.25) is 0 Å². The zero-order chi connectivity index (χ0) is 52.3. The fourth-order valence-electron chi connectivity index (χ4n) is 9.58. The summed E-state index contributed by atoms with van der Waals surface area (Å²) < 4.78 is 22.7. The third-order valence-electron chi connectivity index (χ3n) is 13.5. The minimum atomic E-state index is -0.543. The first-order valence-electron chi connectivity index (χ1n) is 24.3. The lowest BCUT2D eigenvalue weighted by molar-refractivity contribution is -0.385. The van der Waals surface area contributed by atoms with E-state index in [-0.39, 0.29) is 35.6 Å². The van der Waals surface area contributed by atoms with E-state index < -0.39 is 16.6 Å². The Morgan fingerprint density at radius 1 is 0.847 bits per heavy atom. The van der Waals surface area contributed by atoms with Crippen molar-refractivity contribution < 1.29 is 38.3 Å². The van der Waals surface area contributed by atoms with Gasteiger partial charge in [0.1, 0.15) is 32.3 Å². The Labute approximate surface area is 427 Å². The molecular formula is C53H66N8O9S2. The van der Waals surface area contributed by atoms with Crippen molar-refractivity contribution in [3.8, 4) is 23.0 Å². The van der Waals surface area contributed by atoms with Gasteiger partial charge < -0.3 is 43.0 Å². The summed E-state index contributed by atoms with van der Waals surface area (Å²) in [5, 5.41) is 20.7. The van der Waals surface area contributed by atoms with Gasteiger partial charge in [-0.1, -0.05) is 13.8 Å². The molecule has 0 saturated heterocycles. The fraction of sp³-hybridized carbons (Fsp3) is 0.453. The number of imidazole rings is 1. The Morgan fingerprint density at radius 3 is 1.93 bits per heavy atom. The number of thiophene rings is 2. The number of benzene rings is 2. The highest BCUT2D eigenvalue weighted by Gasteiger charge is 2.37. The second-order valence-corrected chi connectivity index (χ2v) is 21.2. The van der Waals surface area contributed by atoms with Crippen molar-refractivity contribution in [1.82, 2.24) is 33.8 Å². The van der Waals surface area contributed by atoms with Crippen LogP contribution in [0, 0.1) is 16.0 Å². The third kappa shape index (κ3) is 10.9. The number of hydrogen-bond donors (Lipinski definition) is 1. The summed E-state index contributed by atoms with van der Waals surface area (Å²) in [7, 11) is 8.61. The SMILES string of the molecule is CCc1c(OC)cc(C(=O)N(C)C2CC(C)C2)cc1[N+](=O)[O-].CCn1c(-c2nc3cc(C(=O)N(C)C4CC(NC(=O)OC(C)(C)C)C4)cc(OC)c3n2C)cc2ccsc21.CCn1c(C=O)cc2ccsc21. The highest BCUT2D eigenvalue weighted by molar-refractivity contribution is 7.17. The van der Waals surface area contributed by atoms with Crippen LogP contribution in [0.1, 0.15) is 111 Å². The molecule has 2 saturated carbocycles. The third-order valence-corrected chi connectivity index (χ3v) is 15.4. The van der Waals surface area contributed by atoms with Gasteiger partial charge in [0.05, 0.1) is 47.2 Å². The molecule has 0 aliphatic heterocycles. The predicted octanol–water partition coefficient (Wildman–Crippen LogP) is 11.0. The van der Waals surface area contributed by atoms with Gasteiger partial charge in [-0.2, -0.15) is 0 Å². The number of carbonyl (C=O) groups excluding carboxylic acids is 4. The monoisotopic (exact) mass is 1020 g/mol. The van der Waals surface area contributed by atoms with Crippen LogP contribution in [0.5, 0.6) is 11.5 Å². The van der Waals surface area contributed by atoms with Crippen molar-refractivity contribution in [2.45, 2.75) is 117 Å². The maximum atomic E-state index is 13.5. The molecular weight excluding hydrogens is 957 g/mol. The number of aldehydes is 1. The second-order valence-electron chi connectivity index (χ2n) is 19.4. The van der Waals surface area contributed by atoms with Gasteiger partial charge >= 0.3 is 6.09 Å². The van der Waals surface area contributed by atoms with E-state index in [4.69, 9.17) is 19.2 Å². The molecule has 9 rings (SSSR count). The molecule has 72 heavy (non-hydrogen) atoms. The molecule has 17 nitrogen and oxygen atoms in total. The number of nitro benzene ring substituents is 1. The number of rotatable bonds is 13. The van der Waals surface area contributed by atoms with Crippen LogP contribution in [-0.4, -0.2) is 110 Å². The molecule has 384 valence electrons. The van der Waals surface area contributed by atoms with E-state index in [0.717, 1.165) is 54.9 Å². The number of aryl methyl sites for hydroxylation is 3. The molecule has 2 aliphatic carbocycles. The topological polar surface area (TPSA) is 185 Å². The molecule has 0 unspecified atom stereocenters. The molecule has 2 fully saturated rings. The molecule has 0 atom stereocenters. The normalized spacial score (nSPS) is 17.2. The van der Waals surface area contributed by atoms with Crippen LogP contribution in [0.4, 0.5) is 10.5 Å². The summed E-state index contributed by atoms with van der Waals surface area (Å²) in [6, 6.07) is 15.1. The first kappa shape index (κ1) is 53.1. The zero-order valence-electron chi connectivity index (χ0n) is 43.2. The fourth-order valence-corrected chi connectivity index (χ4v) is 11.5. The van der Waals surface area contributed by atoms with Crippen molar-refractivity contribution in [3.63, 3.8) is 0 Å². The summed E-state index contributed by atoms with van der Waals surface area (Å²) in [6.45, 7) is 15.4. The van der Waals surface area contributed by atoms with Gasteiger partial charge in [0.2, 0.25) is 0 Å². The number of nitro groups is 1. The Morgan fingerprint density at radius 2 is 1.40 bits per heavy atom. The maximum Gasteiger partial charge on any atom is 0.407 e. The number of alkyl carbamates (subject to hydrolysis) is 1. The van der Waals surface area contributed by atoms with E-state index in [1.165, 1.54) is 33.6 Å². The molecule has 7 aromatic rings. The number of methoxy groups -OCH3 is 2. The van der Waals surface area contributed by atoms with E-state index in [9.17, 15) is 29.3 Å². The molecule has 1 N–H and O–H groups in total. The van der Waals surface area contributed by atoms with Gasteiger partial charge in [-0.25, -0.2) is 9.78 Å². The Bertz CT molecular complexity index is 3120. The number of amides is 3. The first-order chi connectivity index (χ1) is 34.2. The molecule has 2 aromatic carbocycles. The van der Waals surface area contributed by atoms with E-state index in [0.29, 0.717) is 58.9 Å². The standard InChI is InChI=1S/C28H35N5O4S.C16H22N2O4.C9H9NOS/c1-8-33-21(12-16-9-10-38-26(16)33)24-30-20-11-17(13-22(36-7)23(20)32(24)6)25(34)31(5)19-14-18(15-19)29-27(35)37-28(2,3)4;1-5-13-14(18(20)21)8-11(9-15(13)22-4)16(19)17(3)12-6-10(2)7-12;1-2-10-8(6-11)5-7-3-4-12-9(7)10/h9-13,18-19H,8,14-15H2,1-7H3,(H,29,35);8-10,12H,5-7H2,1-4H3;3-6H,2H2,1H3. The summed E-state index contributed by atoms with van der Waals surface area (Å²) in [6.07, 6.45) is 4.29. The second kappa shape index (κ2) is 21.9. The van der Waals surface area contributed by atoms with E-state index in [1.54, 1.807) is 65.8 Å². The zero-order valence-corrected chi connectivity index (χ0v) is 44.9. The highest BCUT2D eigenvalue weighted by atomic mass is 32.1. The molecule has 5 heterocycles. The lowest BCUT2D eigenvalue weighted by Gasteiger charge is -2.41. The smallest absolute Gasteiger partial charge is 0.407 e. The molecule has 19 heteroatoms. The lowest BCUT2D eigenvalue weighted by Crippen LogP contribution is -2.54. The van der Waals surface area contributed by atoms with Crippen molar-refractivity contribution in [3.05, 3.63) is 91.8 Å². The quantitative estimate of drug-likeness (QED) is 0.0662. The van der Waals surface area contributed by atoms with Crippen LogP contribution in [-0.2, 0) is 31.3 Å². The average molecular weight is 1020 g/mol. The molecule has 3 amide bonds. The number of hydrogen-bond acceptors (Lipinski definition) is 12. The van der Waals surface area contributed by atoms with E-state index >= 15 is 0 Å². The Kier molecular flexibility index (Phi) is 16.2. The highest BCUT2D eigenvalue weighted by Crippen LogP contribution is 2.38. The number of nitrogens with zero attached hydrogens (tertiary/aromatic N) is 7. The van der Waals surface area contributed by atoms with Crippen LogP contribution in [0.25, 0.3) is 43.0 Å². The minimum Gasteiger partial charge on any atom is -0.496 e. The van der Waals surface area contributed by atoms with Crippen LogP contribution >= 0.6 is 22.7 Å². The summed E-state index contributed by atoms with van der Waals surface area (Å²) in [5.41, 5.74) is 4.13. The predicted molar refractivity (Wildman–Crippen MR) is 284 cm³/mol. The van der Waals surface area contributed by atoms with Gasteiger partial charge in [-0.15, -0.1) is 22.7 Å². The Balaban J connectivity index is 0.000000186. The van der Waals surface area contributed by atoms with Crippen molar-refractivity contribution in [1.29, 1.82) is 0 Å². The van der Waals surface area contributed by atoms with Gasteiger partial charge in [0, 0.05) is 74.8 Å². The van der Waals surface area contributed by atoms with E-state index in [1.807, 2.05) is 74.4 Å². The first-order valence-corrected chi connectivity index (χ1v) is 26.0. The van der Waals surface area contributed by atoms with Crippen molar-refractivity contribution in [2.24, 2.45) is 13.0 Å². The maximum absolute atomic E-state index is 13.5. The number of ether oxygens (including phenoxy) is 3. The van der Waals surface area contributed by atoms with Crippen LogP contribution in [0.15, 0.2) is 59.3 Å². The van der Waals surface area contributed by atoms with Gasteiger partial charge in [-0.05, 0) is 126 Å². The van der Waals surface area contributed by atoms with Gasteiger partial charge in [-0.3, -0.25) is 24.5 Å². The number of carbonyl (C=O) groups is 4. The molecule has 5 aromatic heterocycles. The van der Waals surface area contributed by atoms with Crippen LogP contribution in [0.3, 0.4) is 0 Å². The summed E-state index contributed by atoms with van der Waals surface area (Å²) in [5.74, 6) is 2.17. The molecule has 0 bridgehead atoms. The van der Waals surface area contributed by atoms with Crippen molar-refractivity contribution in [2.75, 3.05) is 28.3 Å². The lowest BCUT2D eigenvalue weighted by atomic mass is 9.81. The largest absolute Gasteiger partial charge is 0.496 e. The van der Waals surface area contributed by atoms with Crippen molar-refractivity contribution >= 4 is 84.0 Å². The van der Waals surface area contributed by atoms with Gasteiger partial charge in [0.25, 0.3) is 17.5 Å². The molecule has 2 aliphatic rings. The number of fused-ring (bicyclic) bond motifs is 3.